The zero-order chi connectivity index (χ0) is 19.6. The first-order valence-corrected chi connectivity index (χ1v) is 10.1. The molecule has 1 saturated carbocycles. The Kier molecular flexibility index (Phi) is 7.84. The highest BCUT2D eigenvalue weighted by molar-refractivity contribution is 5.79. The maximum Gasteiger partial charge on any atom is 0.191 e. The van der Waals surface area contributed by atoms with Crippen LogP contribution in [-0.2, 0) is 11.3 Å². The summed E-state index contributed by atoms with van der Waals surface area (Å²) in [6.07, 6.45) is 12.9. The highest BCUT2D eigenvalue weighted by Gasteiger charge is 2.12. The summed E-state index contributed by atoms with van der Waals surface area (Å²) < 4.78 is 22.0. The highest BCUT2D eigenvalue weighted by atomic mass is 19.1. The first kappa shape index (κ1) is 20.3. The molecule has 0 radical (unpaired) electrons. The van der Waals surface area contributed by atoms with Crippen LogP contribution in [0.1, 0.15) is 44.1 Å². The molecule has 3 rings (SSSR count). The van der Waals surface area contributed by atoms with Crippen LogP contribution in [0.2, 0.25) is 0 Å². The normalized spacial score (nSPS) is 16.0. The molecule has 2 N–H and O–H groups in total. The highest BCUT2D eigenvalue weighted by Crippen LogP contribution is 2.19. The molecule has 1 aromatic carbocycles. The van der Waals surface area contributed by atoms with Crippen LogP contribution in [0.15, 0.2) is 41.9 Å². The minimum absolute atomic E-state index is 0.281. The molecule has 152 valence electrons. The van der Waals surface area contributed by atoms with Crippen LogP contribution in [0, 0.1) is 5.82 Å². The maximum absolute atomic E-state index is 14.3. The monoisotopic (exact) mass is 387 g/mol. The zero-order valence-electron chi connectivity index (χ0n) is 16.5. The summed E-state index contributed by atoms with van der Waals surface area (Å²) in [7, 11) is 1.73. The Morgan fingerprint density at radius 1 is 1.25 bits per heavy atom. The van der Waals surface area contributed by atoms with Gasteiger partial charge in [-0.2, -0.15) is 0 Å². The molecule has 2 aromatic rings. The predicted octanol–water partition coefficient (Wildman–Crippen LogP) is 3.42. The van der Waals surface area contributed by atoms with Crippen LogP contribution in [0.5, 0.6) is 0 Å². The second-order valence-electron chi connectivity index (χ2n) is 7.09. The van der Waals surface area contributed by atoms with Gasteiger partial charge in [0.15, 0.2) is 5.96 Å². The Morgan fingerprint density at radius 3 is 2.75 bits per heavy atom. The number of ether oxygens (including phenoxy) is 1. The average molecular weight is 388 g/mol. The number of rotatable bonds is 7. The van der Waals surface area contributed by atoms with Crippen molar-refractivity contribution in [1.29, 1.82) is 0 Å². The fourth-order valence-corrected chi connectivity index (χ4v) is 3.48. The molecule has 1 fully saturated rings. The third-order valence-electron chi connectivity index (χ3n) is 5.03. The van der Waals surface area contributed by atoms with Gasteiger partial charge in [0.1, 0.15) is 5.82 Å². The van der Waals surface area contributed by atoms with Gasteiger partial charge < -0.3 is 19.9 Å². The van der Waals surface area contributed by atoms with E-state index in [1.165, 1.54) is 44.6 Å². The number of nitrogens with zero attached hydrogens (tertiary/aromatic N) is 3. The summed E-state index contributed by atoms with van der Waals surface area (Å²) in [6.45, 7) is 1.86. The number of imidazole rings is 1. The zero-order valence-corrected chi connectivity index (χ0v) is 16.5. The molecule has 1 aromatic heterocycles. The molecule has 1 aliphatic carbocycles. The summed E-state index contributed by atoms with van der Waals surface area (Å²) in [4.78, 5) is 8.17. The van der Waals surface area contributed by atoms with Gasteiger partial charge in [0.2, 0.25) is 0 Å². The van der Waals surface area contributed by atoms with Gasteiger partial charge in [-0.25, -0.2) is 9.37 Å². The number of aromatic nitrogens is 2. The van der Waals surface area contributed by atoms with Crippen LogP contribution < -0.4 is 10.6 Å². The number of guanidine groups is 1. The van der Waals surface area contributed by atoms with Crippen LogP contribution in [-0.4, -0.2) is 41.8 Å². The fourth-order valence-electron chi connectivity index (χ4n) is 3.48. The van der Waals surface area contributed by atoms with Crippen molar-refractivity contribution in [3.05, 3.63) is 48.3 Å². The Bertz CT molecular complexity index is 739. The standard InChI is InChI=1S/C21H30FN5O/c1-23-21(25-11-13-28-18-6-4-2-3-5-7-18)26-15-17-8-9-20(19(22)14-17)27-12-10-24-16-27/h8-10,12,14,16,18H,2-7,11,13,15H2,1H3,(H2,23,25,26). The van der Waals surface area contributed by atoms with Gasteiger partial charge in [-0.1, -0.05) is 31.7 Å². The second kappa shape index (κ2) is 10.8. The molecule has 7 heteroatoms. The molecular formula is C21H30FN5O. The number of hydrogen-bond donors (Lipinski definition) is 2. The number of nitrogens with one attached hydrogen (secondary N) is 2. The number of halogens is 1. The lowest BCUT2D eigenvalue weighted by atomic mass is 10.1. The van der Waals surface area contributed by atoms with Gasteiger partial charge in [0, 0.05) is 32.5 Å². The van der Waals surface area contributed by atoms with E-state index in [0.717, 1.165) is 5.56 Å². The molecule has 6 nitrogen and oxygen atoms in total. The minimum Gasteiger partial charge on any atom is -0.376 e. The molecule has 0 spiro atoms. The molecule has 0 bridgehead atoms. The second-order valence-corrected chi connectivity index (χ2v) is 7.09. The summed E-state index contributed by atoms with van der Waals surface area (Å²) in [5.41, 5.74) is 1.33. The topological polar surface area (TPSA) is 63.5 Å². The van der Waals surface area contributed by atoms with E-state index in [2.05, 4.69) is 20.6 Å². The predicted molar refractivity (Wildman–Crippen MR) is 109 cm³/mol. The number of aliphatic imine (C=N–C) groups is 1. The van der Waals surface area contributed by atoms with Gasteiger partial charge in [-0.15, -0.1) is 0 Å². The van der Waals surface area contributed by atoms with E-state index in [4.69, 9.17) is 4.74 Å². The lowest BCUT2D eigenvalue weighted by Gasteiger charge is -2.17. The van der Waals surface area contributed by atoms with Crippen LogP contribution in [0.4, 0.5) is 4.39 Å². The maximum atomic E-state index is 14.3. The van der Waals surface area contributed by atoms with E-state index in [1.807, 2.05) is 6.07 Å². The fraction of sp³-hybridized carbons (Fsp3) is 0.524. The van der Waals surface area contributed by atoms with Crippen molar-refractivity contribution in [1.82, 2.24) is 20.2 Å². The van der Waals surface area contributed by atoms with Gasteiger partial charge in [-0.05, 0) is 30.5 Å². The van der Waals surface area contributed by atoms with Crippen molar-refractivity contribution in [2.45, 2.75) is 51.2 Å². The Balaban J connectivity index is 1.40. The number of benzene rings is 1. The van der Waals surface area contributed by atoms with E-state index in [9.17, 15) is 4.39 Å². The SMILES string of the molecule is CN=C(NCCOC1CCCCCC1)NCc1ccc(-n2ccnc2)c(F)c1. The first-order chi connectivity index (χ1) is 13.8. The van der Waals surface area contributed by atoms with Crippen molar-refractivity contribution in [2.75, 3.05) is 20.2 Å². The van der Waals surface area contributed by atoms with Gasteiger partial charge >= 0.3 is 0 Å². The van der Waals surface area contributed by atoms with E-state index < -0.39 is 0 Å². The Hall–Kier alpha value is -2.41. The third-order valence-corrected chi connectivity index (χ3v) is 5.03. The summed E-state index contributed by atoms with van der Waals surface area (Å²) in [6, 6.07) is 5.18. The van der Waals surface area contributed by atoms with E-state index in [0.29, 0.717) is 37.4 Å². The van der Waals surface area contributed by atoms with Gasteiger partial charge in [0.25, 0.3) is 0 Å². The molecule has 0 amide bonds. The largest absolute Gasteiger partial charge is 0.376 e. The lowest BCUT2D eigenvalue weighted by Crippen LogP contribution is -2.39. The van der Waals surface area contributed by atoms with Crippen molar-refractivity contribution >= 4 is 5.96 Å². The first-order valence-electron chi connectivity index (χ1n) is 10.1. The summed E-state index contributed by atoms with van der Waals surface area (Å²) in [5.74, 6) is 0.403. The average Bonchev–Trinajstić information content (AvgIpc) is 3.11. The van der Waals surface area contributed by atoms with Crippen molar-refractivity contribution in [3.8, 4) is 5.69 Å². The molecule has 0 atom stereocenters. The lowest BCUT2D eigenvalue weighted by molar-refractivity contribution is 0.0468. The van der Waals surface area contributed by atoms with Gasteiger partial charge in [0.05, 0.1) is 24.7 Å². The van der Waals surface area contributed by atoms with Crippen molar-refractivity contribution in [3.63, 3.8) is 0 Å². The van der Waals surface area contributed by atoms with Gasteiger partial charge in [-0.3, -0.25) is 4.99 Å². The van der Waals surface area contributed by atoms with Crippen LogP contribution in [0.25, 0.3) is 5.69 Å². The van der Waals surface area contributed by atoms with E-state index in [1.54, 1.807) is 36.4 Å². The molecular weight excluding hydrogens is 357 g/mol. The summed E-state index contributed by atoms with van der Waals surface area (Å²) >= 11 is 0. The minimum atomic E-state index is -0.281. The smallest absolute Gasteiger partial charge is 0.191 e. The van der Waals surface area contributed by atoms with Crippen molar-refractivity contribution < 1.29 is 9.13 Å². The molecule has 0 unspecified atom stereocenters. The Labute approximate surface area is 166 Å². The number of hydrogen-bond acceptors (Lipinski definition) is 3. The Morgan fingerprint density at radius 2 is 2.07 bits per heavy atom. The quantitative estimate of drug-likeness (QED) is 0.331. The van der Waals surface area contributed by atoms with Crippen molar-refractivity contribution in [2.24, 2.45) is 4.99 Å². The third kappa shape index (κ3) is 6.05. The molecule has 1 heterocycles. The molecule has 28 heavy (non-hydrogen) atoms. The van der Waals surface area contributed by atoms with E-state index in [-0.39, 0.29) is 5.82 Å². The van der Waals surface area contributed by atoms with Crippen LogP contribution in [0.3, 0.4) is 0 Å². The molecule has 0 saturated heterocycles. The molecule has 0 aliphatic heterocycles. The van der Waals surface area contributed by atoms with Crippen LogP contribution >= 0.6 is 0 Å². The molecule has 1 aliphatic rings. The van der Waals surface area contributed by atoms with E-state index >= 15 is 0 Å². The summed E-state index contributed by atoms with van der Waals surface area (Å²) in [5, 5.41) is 6.46.